The number of rotatable bonds is 1. The quantitative estimate of drug-likeness (QED) is 0.625. The van der Waals surface area contributed by atoms with E-state index in [1.807, 2.05) is 19.1 Å². The molecule has 0 radical (unpaired) electrons. The maximum absolute atomic E-state index is 5.65. The van der Waals surface area contributed by atoms with Crippen molar-refractivity contribution >= 4 is 5.84 Å². The summed E-state index contributed by atoms with van der Waals surface area (Å²) < 4.78 is 0. The number of nitrogens with two attached hydrogens (primary N) is 1. The van der Waals surface area contributed by atoms with Crippen LogP contribution >= 0.6 is 0 Å². The molecule has 1 aliphatic rings. The summed E-state index contributed by atoms with van der Waals surface area (Å²) in [6.45, 7) is 9.32. The Morgan fingerprint density at radius 3 is 2.58 bits per heavy atom. The number of nitrogens with zero attached hydrogens (tertiary/aromatic N) is 1. The van der Waals surface area contributed by atoms with Gasteiger partial charge in [-0.15, -0.1) is 0 Å². The van der Waals surface area contributed by atoms with Crippen LogP contribution in [-0.2, 0) is 0 Å². The smallest absolute Gasteiger partial charge is 0.131 e. The van der Waals surface area contributed by atoms with Gasteiger partial charge in [-0.05, 0) is 6.92 Å². The van der Waals surface area contributed by atoms with E-state index in [1.54, 1.807) is 6.08 Å². The highest BCUT2D eigenvalue weighted by atomic mass is 14.9. The number of hydrogen-bond donors (Lipinski definition) is 1. The zero-order valence-corrected chi connectivity index (χ0v) is 7.17. The van der Waals surface area contributed by atoms with Gasteiger partial charge in [0.2, 0.25) is 0 Å². The Kier molecular flexibility index (Phi) is 2.29. The molecule has 0 bridgehead atoms. The molecular weight excluding hydrogens is 148 g/mol. The van der Waals surface area contributed by atoms with Gasteiger partial charge in [-0.1, -0.05) is 31.4 Å². The molecule has 0 saturated carbocycles. The van der Waals surface area contributed by atoms with E-state index >= 15 is 0 Å². The summed E-state index contributed by atoms with van der Waals surface area (Å²) in [5, 5.41) is 0. The minimum absolute atomic E-state index is 0.538. The van der Waals surface area contributed by atoms with Gasteiger partial charge in [-0.25, -0.2) is 4.99 Å². The molecule has 0 aromatic rings. The Balaban J connectivity index is 3.16. The van der Waals surface area contributed by atoms with E-state index in [-0.39, 0.29) is 0 Å². The molecule has 2 nitrogen and oxygen atoms in total. The SMILES string of the molecule is C=C/C=C1/C(=C)N=C(N)/C1=C/C. The van der Waals surface area contributed by atoms with Gasteiger partial charge in [-0.3, -0.25) is 0 Å². The molecule has 0 aromatic heterocycles. The Morgan fingerprint density at radius 1 is 1.42 bits per heavy atom. The van der Waals surface area contributed by atoms with Gasteiger partial charge >= 0.3 is 0 Å². The first kappa shape index (κ1) is 8.53. The molecule has 0 amide bonds. The molecule has 0 spiro atoms. The third kappa shape index (κ3) is 1.23. The van der Waals surface area contributed by atoms with Crippen LogP contribution in [0.2, 0.25) is 0 Å². The first-order valence-electron chi connectivity index (χ1n) is 3.74. The van der Waals surface area contributed by atoms with Crippen LogP contribution in [0.25, 0.3) is 0 Å². The molecule has 1 rings (SSSR count). The van der Waals surface area contributed by atoms with Crippen molar-refractivity contribution in [2.45, 2.75) is 6.92 Å². The summed E-state index contributed by atoms with van der Waals surface area (Å²) in [7, 11) is 0. The molecule has 0 unspecified atom stereocenters. The monoisotopic (exact) mass is 160 g/mol. The topological polar surface area (TPSA) is 38.4 Å². The Bertz CT molecular complexity index is 317. The van der Waals surface area contributed by atoms with Crippen LogP contribution < -0.4 is 5.73 Å². The van der Waals surface area contributed by atoms with Gasteiger partial charge in [0.25, 0.3) is 0 Å². The maximum atomic E-state index is 5.65. The standard InChI is InChI=1S/C10H12N2/c1-4-6-9-7(3)12-10(11)8(9)5-2/h4-6H,1,3H2,2H3,(H2,11,12)/b8-5+,9-6-. The lowest BCUT2D eigenvalue weighted by atomic mass is 10.1. The molecule has 0 aromatic carbocycles. The zero-order chi connectivity index (χ0) is 9.14. The van der Waals surface area contributed by atoms with Crippen LogP contribution in [0, 0.1) is 0 Å². The van der Waals surface area contributed by atoms with Crippen molar-refractivity contribution in [3.63, 3.8) is 0 Å². The lowest BCUT2D eigenvalue weighted by molar-refractivity contribution is 1.41. The lowest BCUT2D eigenvalue weighted by Crippen LogP contribution is -2.10. The molecule has 0 saturated heterocycles. The molecular formula is C10H12N2. The predicted molar refractivity (Wildman–Crippen MR) is 52.8 cm³/mol. The van der Waals surface area contributed by atoms with Crippen molar-refractivity contribution in [3.05, 3.63) is 48.2 Å². The van der Waals surface area contributed by atoms with Crippen LogP contribution in [0.15, 0.2) is 53.2 Å². The fourth-order valence-electron chi connectivity index (χ4n) is 1.17. The van der Waals surface area contributed by atoms with E-state index < -0.39 is 0 Å². The van der Waals surface area contributed by atoms with Gasteiger partial charge in [0.1, 0.15) is 5.84 Å². The van der Waals surface area contributed by atoms with Gasteiger partial charge in [0, 0.05) is 11.1 Å². The normalized spacial score (nSPS) is 23.4. The van der Waals surface area contributed by atoms with Crippen LogP contribution in [-0.4, -0.2) is 5.84 Å². The summed E-state index contributed by atoms with van der Waals surface area (Å²) in [6.07, 6.45) is 5.49. The van der Waals surface area contributed by atoms with Crippen molar-refractivity contribution in [3.8, 4) is 0 Å². The maximum Gasteiger partial charge on any atom is 0.131 e. The van der Waals surface area contributed by atoms with E-state index in [0.717, 1.165) is 11.1 Å². The highest BCUT2D eigenvalue weighted by molar-refractivity contribution is 6.06. The number of allylic oxidation sites excluding steroid dienone is 4. The van der Waals surface area contributed by atoms with Gasteiger partial charge in [-0.2, -0.15) is 0 Å². The lowest BCUT2D eigenvalue weighted by Gasteiger charge is -1.98. The highest BCUT2D eigenvalue weighted by Gasteiger charge is 2.17. The second-order valence-corrected chi connectivity index (χ2v) is 2.46. The van der Waals surface area contributed by atoms with Crippen LogP contribution in [0.5, 0.6) is 0 Å². The van der Waals surface area contributed by atoms with E-state index in [0.29, 0.717) is 11.5 Å². The molecule has 0 atom stereocenters. The van der Waals surface area contributed by atoms with Gasteiger partial charge in [0.15, 0.2) is 0 Å². The summed E-state index contributed by atoms with van der Waals surface area (Å²) >= 11 is 0. The van der Waals surface area contributed by atoms with Crippen molar-refractivity contribution in [2.24, 2.45) is 10.7 Å². The fraction of sp³-hybridized carbons (Fsp3) is 0.100. The number of amidine groups is 1. The molecule has 12 heavy (non-hydrogen) atoms. The third-order valence-electron chi connectivity index (χ3n) is 1.71. The zero-order valence-electron chi connectivity index (χ0n) is 7.17. The van der Waals surface area contributed by atoms with E-state index in [1.165, 1.54) is 0 Å². The second kappa shape index (κ2) is 3.22. The molecule has 1 aliphatic heterocycles. The highest BCUT2D eigenvalue weighted by Crippen LogP contribution is 2.26. The van der Waals surface area contributed by atoms with Crippen molar-refractivity contribution in [2.75, 3.05) is 0 Å². The summed E-state index contributed by atoms with van der Waals surface area (Å²) in [6, 6.07) is 0. The summed E-state index contributed by atoms with van der Waals surface area (Å²) in [5.74, 6) is 0.538. The molecule has 2 heteroatoms. The van der Waals surface area contributed by atoms with Crippen LogP contribution in [0.1, 0.15) is 6.92 Å². The minimum atomic E-state index is 0.538. The first-order chi connectivity index (χ1) is 5.70. The van der Waals surface area contributed by atoms with Crippen LogP contribution in [0.3, 0.4) is 0 Å². The van der Waals surface area contributed by atoms with Crippen molar-refractivity contribution < 1.29 is 0 Å². The van der Waals surface area contributed by atoms with Gasteiger partial charge < -0.3 is 5.73 Å². The van der Waals surface area contributed by atoms with Gasteiger partial charge in [0.05, 0.1) is 5.70 Å². The first-order valence-corrected chi connectivity index (χ1v) is 3.74. The predicted octanol–water partition coefficient (Wildman–Crippen LogP) is 1.93. The Hall–Kier alpha value is -1.57. The van der Waals surface area contributed by atoms with E-state index in [2.05, 4.69) is 18.2 Å². The third-order valence-corrected chi connectivity index (χ3v) is 1.71. The van der Waals surface area contributed by atoms with Crippen LogP contribution in [0.4, 0.5) is 0 Å². The minimum Gasteiger partial charge on any atom is -0.383 e. The largest absolute Gasteiger partial charge is 0.383 e. The average Bonchev–Trinajstić information content (AvgIpc) is 2.28. The van der Waals surface area contributed by atoms with Crippen molar-refractivity contribution in [1.82, 2.24) is 0 Å². The van der Waals surface area contributed by atoms with E-state index in [9.17, 15) is 0 Å². The van der Waals surface area contributed by atoms with E-state index in [4.69, 9.17) is 5.73 Å². The Morgan fingerprint density at radius 2 is 2.08 bits per heavy atom. The molecule has 1 heterocycles. The molecule has 2 N–H and O–H groups in total. The average molecular weight is 160 g/mol. The van der Waals surface area contributed by atoms with Crippen molar-refractivity contribution in [1.29, 1.82) is 0 Å². The summed E-state index contributed by atoms with van der Waals surface area (Å²) in [5.41, 5.74) is 8.26. The molecule has 0 fully saturated rings. The molecule has 0 aliphatic carbocycles. The molecule has 62 valence electrons. The summed E-state index contributed by atoms with van der Waals surface area (Å²) in [4.78, 5) is 4.06. The number of hydrogen-bond acceptors (Lipinski definition) is 2. The Labute approximate surface area is 72.5 Å². The fourth-order valence-corrected chi connectivity index (χ4v) is 1.17. The number of aliphatic imine (C=N–C) groups is 1. The second-order valence-electron chi connectivity index (χ2n) is 2.46.